The summed E-state index contributed by atoms with van der Waals surface area (Å²) in [6, 6.07) is 11.7. The largest absolute Gasteiger partial charge is 0.360 e. The zero-order valence-electron chi connectivity index (χ0n) is 14.5. The minimum Gasteiger partial charge on any atom is -0.360 e. The second-order valence-corrected chi connectivity index (χ2v) is 5.79. The minimum absolute atomic E-state index is 0.275. The third-order valence-corrected chi connectivity index (χ3v) is 3.80. The predicted molar refractivity (Wildman–Crippen MR) is 97.3 cm³/mol. The lowest BCUT2D eigenvalue weighted by molar-refractivity contribution is 0.102. The number of aryl methyl sites for hydroxylation is 2. The summed E-state index contributed by atoms with van der Waals surface area (Å²) in [5, 5.41) is 6.48. The Kier molecular flexibility index (Phi) is 4.79. The van der Waals surface area contributed by atoms with Gasteiger partial charge in [-0.1, -0.05) is 17.3 Å². The molecule has 0 aliphatic heterocycles. The van der Waals surface area contributed by atoms with Gasteiger partial charge < -0.3 is 14.7 Å². The molecule has 0 aliphatic rings. The number of carbonyl (C=O) groups excluding carboxylic acids is 1. The maximum Gasteiger partial charge on any atom is 0.258 e. The summed E-state index contributed by atoms with van der Waals surface area (Å²) >= 11 is 0. The fourth-order valence-electron chi connectivity index (χ4n) is 2.62. The van der Waals surface area contributed by atoms with Crippen molar-refractivity contribution in [1.82, 2.24) is 10.1 Å². The molecule has 0 bridgehead atoms. The van der Waals surface area contributed by atoms with Gasteiger partial charge in [-0.2, -0.15) is 0 Å². The number of anilines is 3. The lowest BCUT2D eigenvalue weighted by atomic mass is 10.2. The van der Waals surface area contributed by atoms with Crippen molar-refractivity contribution in [2.45, 2.75) is 20.8 Å². The molecule has 2 aromatic heterocycles. The summed E-state index contributed by atoms with van der Waals surface area (Å²) in [5.74, 6) is 0.751. The van der Waals surface area contributed by atoms with Crippen molar-refractivity contribution in [3.8, 4) is 0 Å². The molecule has 0 unspecified atom stereocenters. The van der Waals surface area contributed by atoms with Crippen LogP contribution in [0, 0.1) is 13.8 Å². The molecule has 0 saturated heterocycles. The molecule has 0 spiro atoms. The number of nitrogens with one attached hydrogen (secondary N) is 1. The summed E-state index contributed by atoms with van der Waals surface area (Å²) in [4.78, 5) is 18.8. The topological polar surface area (TPSA) is 71.3 Å². The van der Waals surface area contributed by atoms with Crippen LogP contribution in [0.4, 0.5) is 17.2 Å². The van der Waals surface area contributed by atoms with E-state index in [2.05, 4.69) is 46.3 Å². The molecule has 1 aromatic carbocycles. The quantitative estimate of drug-likeness (QED) is 0.759. The number of amides is 1. The Balaban J connectivity index is 1.85. The van der Waals surface area contributed by atoms with Gasteiger partial charge in [-0.25, -0.2) is 0 Å². The summed E-state index contributed by atoms with van der Waals surface area (Å²) in [6.07, 6.45) is 3.29. The second kappa shape index (κ2) is 7.17. The molecule has 6 nitrogen and oxygen atoms in total. The highest BCUT2D eigenvalue weighted by atomic mass is 16.5. The van der Waals surface area contributed by atoms with Crippen LogP contribution in [-0.2, 0) is 0 Å². The molecule has 0 fully saturated rings. The van der Waals surface area contributed by atoms with Crippen LogP contribution in [0.25, 0.3) is 0 Å². The SMILES string of the molecule is CCN(c1cccc(C)c1)c1cncc(C(=O)Nc2cc(C)on2)c1. The van der Waals surface area contributed by atoms with Gasteiger partial charge in [-0.15, -0.1) is 0 Å². The van der Waals surface area contributed by atoms with E-state index in [4.69, 9.17) is 4.52 Å². The average molecular weight is 336 g/mol. The molecule has 3 aromatic rings. The molecule has 3 rings (SSSR count). The maximum absolute atomic E-state index is 12.4. The van der Waals surface area contributed by atoms with Gasteiger partial charge in [-0.05, 0) is 44.5 Å². The molecule has 1 N–H and O–H groups in total. The fraction of sp³-hybridized carbons (Fsp3) is 0.211. The number of pyridine rings is 1. The van der Waals surface area contributed by atoms with E-state index in [0.29, 0.717) is 17.1 Å². The van der Waals surface area contributed by atoms with Crippen LogP contribution in [0.3, 0.4) is 0 Å². The second-order valence-electron chi connectivity index (χ2n) is 5.79. The molecule has 6 heteroatoms. The van der Waals surface area contributed by atoms with Crippen molar-refractivity contribution < 1.29 is 9.32 Å². The fourth-order valence-corrected chi connectivity index (χ4v) is 2.62. The van der Waals surface area contributed by atoms with E-state index >= 15 is 0 Å². The number of carbonyl (C=O) groups is 1. The van der Waals surface area contributed by atoms with Crippen LogP contribution in [0.5, 0.6) is 0 Å². The number of aromatic nitrogens is 2. The van der Waals surface area contributed by atoms with E-state index in [1.165, 1.54) is 11.8 Å². The van der Waals surface area contributed by atoms with E-state index in [1.54, 1.807) is 19.2 Å². The predicted octanol–water partition coefficient (Wildman–Crippen LogP) is 4.10. The first-order chi connectivity index (χ1) is 12.1. The number of benzene rings is 1. The van der Waals surface area contributed by atoms with Gasteiger partial charge in [0.05, 0.1) is 17.4 Å². The van der Waals surface area contributed by atoms with E-state index < -0.39 is 0 Å². The summed E-state index contributed by atoms with van der Waals surface area (Å²) in [7, 11) is 0. The first kappa shape index (κ1) is 16.7. The van der Waals surface area contributed by atoms with E-state index in [9.17, 15) is 4.79 Å². The third kappa shape index (κ3) is 3.85. The minimum atomic E-state index is -0.275. The standard InChI is InChI=1S/C19H20N4O2/c1-4-23(16-7-5-6-13(2)8-16)17-10-15(11-20-12-17)19(24)21-18-9-14(3)25-22-18/h5-12H,4H2,1-3H3,(H,21,22,24). The van der Waals surface area contributed by atoms with Crippen molar-refractivity contribution >= 4 is 23.1 Å². The van der Waals surface area contributed by atoms with Crippen molar-refractivity contribution in [3.05, 3.63) is 65.7 Å². The monoisotopic (exact) mass is 336 g/mol. The van der Waals surface area contributed by atoms with Crippen molar-refractivity contribution in [3.63, 3.8) is 0 Å². The Morgan fingerprint density at radius 1 is 1.16 bits per heavy atom. The first-order valence-electron chi connectivity index (χ1n) is 8.10. The Morgan fingerprint density at radius 2 is 2.00 bits per heavy atom. The average Bonchev–Trinajstić information content (AvgIpc) is 3.01. The zero-order valence-corrected chi connectivity index (χ0v) is 14.5. The van der Waals surface area contributed by atoms with Gasteiger partial charge in [0, 0.05) is 24.5 Å². The summed E-state index contributed by atoms with van der Waals surface area (Å²) in [6.45, 7) is 6.65. The highest BCUT2D eigenvalue weighted by molar-refractivity contribution is 6.04. The number of nitrogens with zero attached hydrogens (tertiary/aromatic N) is 3. The molecule has 0 aliphatic carbocycles. The van der Waals surface area contributed by atoms with Gasteiger partial charge in [0.15, 0.2) is 5.82 Å². The Morgan fingerprint density at radius 3 is 2.68 bits per heavy atom. The lowest BCUT2D eigenvalue weighted by Crippen LogP contribution is -2.18. The molecule has 0 radical (unpaired) electrons. The maximum atomic E-state index is 12.4. The van der Waals surface area contributed by atoms with Crippen LogP contribution in [0.15, 0.2) is 53.3 Å². The van der Waals surface area contributed by atoms with Crippen molar-refractivity contribution in [2.75, 3.05) is 16.8 Å². The molecular formula is C19H20N4O2. The summed E-state index contributed by atoms with van der Waals surface area (Å²) in [5.41, 5.74) is 3.56. The lowest BCUT2D eigenvalue weighted by Gasteiger charge is -2.23. The van der Waals surface area contributed by atoms with Crippen LogP contribution < -0.4 is 10.2 Å². The molecule has 1 amide bonds. The van der Waals surface area contributed by atoms with Crippen molar-refractivity contribution in [1.29, 1.82) is 0 Å². The highest BCUT2D eigenvalue weighted by Gasteiger charge is 2.13. The van der Waals surface area contributed by atoms with Gasteiger partial charge in [-0.3, -0.25) is 9.78 Å². The number of hydrogen-bond acceptors (Lipinski definition) is 5. The van der Waals surface area contributed by atoms with E-state index in [-0.39, 0.29) is 5.91 Å². The van der Waals surface area contributed by atoms with Gasteiger partial charge in [0.25, 0.3) is 5.91 Å². The first-order valence-corrected chi connectivity index (χ1v) is 8.10. The normalized spacial score (nSPS) is 10.5. The molecule has 0 saturated carbocycles. The third-order valence-electron chi connectivity index (χ3n) is 3.80. The smallest absolute Gasteiger partial charge is 0.258 e. The van der Waals surface area contributed by atoms with Crippen LogP contribution in [0.2, 0.25) is 0 Å². The van der Waals surface area contributed by atoms with Crippen LogP contribution >= 0.6 is 0 Å². The van der Waals surface area contributed by atoms with Crippen LogP contribution in [0.1, 0.15) is 28.6 Å². The van der Waals surface area contributed by atoms with Crippen molar-refractivity contribution in [2.24, 2.45) is 0 Å². The molecular weight excluding hydrogens is 316 g/mol. The summed E-state index contributed by atoms with van der Waals surface area (Å²) < 4.78 is 4.96. The highest BCUT2D eigenvalue weighted by Crippen LogP contribution is 2.26. The number of rotatable bonds is 5. The molecule has 25 heavy (non-hydrogen) atoms. The van der Waals surface area contributed by atoms with Gasteiger partial charge in [0.1, 0.15) is 5.76 Å². The van der Waals surface area contributed by atoms with Crippen LogP contribution in [-0.4, -0.2) is 22.6 Å². The number of hydrogen-bond donors (Lipinski definition) is 1. The molecule has 0 atom stereocenters. The van der Waals surface area contributed by atoms with Gasteiger partial charge >= 0.3 is 0 Å². The Hall–Kier alpha value is -3.15. The van der Waals surface area contributed by atoms with E-state index in [0.717, 1.165) is 17.9 Å². The van der Waals surface area contributed by atoms with Gasteiger partial charge in [0.2, 0.25) is 0 Å². The van der Waals surface area contributed by atoms with E-state index in [1.807, 2.05) is 18.2 Å². The Labute approximate surface area is 146 Å². The molecule has 2 heterocycles. The molecule has 128 valence electrons. The Bertz CT molecular complexity index is 888. The zero-order chi connectivity index (χ0) is 17.8.